The Kier molecular flexibility index (Phi) is 10.2. The fourth-order valence-electron chi connectivity index (χ4n) is 9.29. The molecule has 49 heavy (non-hydrogen) atoms. The Morgan fingerprint density at radius 3 is 1.96 bits per heavy atom. The smallest absolute Gasteiger partial charge is 0.147 e. The molecule has 5 aromatic carbocycles. The van der Waals surface area contributed by atoms with Gasteiger partial charge in [-0.1, -0.05) is 0 Å². The summed E-state index contributed by atoms with van der Waals surface area (Å²) in [5, 5.41) is 2.64. The number of fused-ring (bicyclic) bond motifs is 3. The van der Waals surface area contributed by atoms with Gasteiger partial charge in [-0.3, -0.25) is 0 Å². The van der Waals surface area contributed by atoms with Crippen LogP contribution in [-0.2, 0) is 22.8 Å². The monoisotopic (exact) mass is 780 g/mol. The Bertz CT molecular complexity index is 2200. The Labute approximate surface area is 309 Å². The largest absolute Gasteiger partial charge is 0.147 e. The van der Waals surface area contributed by atoms with E-state index in [2.05, 4.69) is 174 Å². The van der Waals surface area contributed by atoms with Gasteiger partial charge in [0.05, 0.1) is 0 Å². The van der Waals surface area contributed by atoms with Crippen molar-refractivity contribution in [2.45, 2.75) is 70.4 Å². The minimum absolute atomic E-state index is 0. The van der Waals surface area contributed by atoms with E-state index in [0.717, 1.165) is 0 Å². The van der Waals surface area contributed by atoms with Crippen molar-refractivity contribution in [3.05, 3.63) is 142 Å². The molecule has 5 aromatic rings. The van der Waals surface area contributed by atoms with Crippen molar-refractivity contribution in [2.24, 2.45) is 5.92 Å². The van der Waals surface area contributed by atoms with Crippen LogP contribution in [0.4, 0.5) is 0 Å². The van der Waals surface area contributed by atoms with E-state index < -0.39 is 17.4 Å². The maximum Gasteiger partial charge on any atom is -0.147 e. The average Bonchev–Trinajstić information content (AvgIpc) is 3.61. The third-order valence-corrected chi connectivity index (χ3v) is 29.0. The molecule has 254 valence electrons. The summed E-state index contributed by atoms with van der Waals surface area (Å²) in [6.45, 7) is 19.0. The van der Waals surface area contributed by atoms with Gasteiger partial charge in [0.15, 0.2) is 0 Å². The van der Waals surface area contributed by atoms with Crippen molar-refractivity contribution in [3.8, 4) is 22.3 Å². The first-order chi connectivity index (χ1) is 22.2. The maximum absolute atomic E-state index is 3.74. The van der Waals surface area contributed by atoms with Gasteiger partial charge in [0.1, 0.15) is 0 Å². The zero-order chi connectivity index (χ0) is 33.5. The van der Waals surface area contributed by atoms with E-state index in [0.29, 0.717) is 13.2 Å². The molecule has 0 bridgehead atoms. The van der Waals surface area contributed by atoms with Gasteiger partial charge in [0, 0.05) is 0 Å². The molecule has 2 unspecified atom stereocenters. The molecule has 0 amide bonds. The molecule has 4 heteroatoms. The summed E-state index contributed by atoms with van der Waals surface area (Å²) in [6, 6.07) is 37.0. The minimum Gasteiger partial charge on any atom is -0.147 e. The van der Waals surface area contributed by atoms with Crippen LogP contribution in [0.1, 0.15) is 82.2 Å². The van der Waals surface area contributed by atoms with Crippen molar-refractivity contribution >= 4 is 54.6 Å². The molecule has 0 saturated heterocycles. The summed E-state index contributed by atoms with van der Waals surface area (Å²) in [5.41, 5.74) is 17.7. The van der Waals surface area contributed by atoms with Crippen LogP contribution < -0.4 is 0 Å². The molecule has 0 fully saturated rings. The first kappa shape index (κ1) is 37.8. The van der Waals surface area contributed by atoms with Gasteiger partial charge in [0.25, 0.3) is 0 Å². The van der Waals surface area contributed by atoms with Crippen molar-refractivity contribution in [1.29, 1.82) is 0 Å². The molecule has 0 saturated carbocycles. The molecular formula is C45H52Cl2SiZr. The first-order valence-electron chi connectivity index (χ1n) is 17.5. The van der Waals surface area contributed by atoms with Crippen LogP contribution in [0.2, 0.25) is 9.26 Å². The number of aryl methyl sites for hydroxylation is 1. The predicted octanol–water partition coefficient (Wildman–Crippen LogP) is 13.2. The van der Waals surface area contributed by atoms with Crippen LogP contribution >= 0.6 is 24.8 Å². The normalized spacial score (nSPS) is 17.2. The zero-order valence-corrected chi connectivity index (χ0v) is 36.2. The van der Waals surface area contributed by atoms with Crippen molar-refractivity contribution in [3.63, 3.8) is 0 Å². The van der Waals surface area contributed by atoms with Gasteiger partial charge in [-0.05, 0) is 0 Å². The quantitative estimate of drug-likeness (QED) is 0.156. The second kappa shape index (κ2) is 13.2. The number of rotatable bonds is 5. The third kappa shape index (κ3) is 6.24. The van der Waals surface area contributed by atoms with Gasteiger partial charge in [-0.2, -0.15) is 0 Å². The Morgan fingerprint density at radius 2 is 1.29 bits per heavy atom. The number of benzene rings is 5. The molecule has 0 nitrogen and oxygen atoms in total. The average molecular weight is 783 g/mol. The predicted molar refractivity (Wildman–Crippen MR) is 221 cm³/mol. The number of allylic oxidation sites excluding steroid dienone is 2. The van der Waals surface area contributed by atoms with E-state index in [-0.39, 0.29) is 30.2 Å². The fraction of sp³-hybridized carbons (Fsp3) is 0.289. The van der Waals surface area contributed by atoms with E-state index in [4.69, 9.17) is 0 Å². The van der Waals surface area contributed by atoms with Gasteiger partial charge >= 0.3 is 287 Å². The van der Waals surface area contributed by atoms with E-state index >= 15 is 0 Å². The summed E-state index contributed by atoms with van der Waals surface area (Å²) < 4.78 is 6.55. The molecular weight excluding hydrogens is 731 g/mol. The van der Waals surface area contributed by atoms with Crippen LogP contribution in [0.3, 0.4) is 0 Å². The van der Waals surface area contributed by atoms with E-state index in [1.165, 1.54) is 55.3 Å². The van der Waals surface area contributed by atoms with Crippen molar-refractivity contribution in [1.82, 2.24) is 0 Å². The molecule has 2 aliphatic rings. The SMILES string of the molecule is CC1=Cc2c(-c3cccc4ccccc34)ccc(C)c2[CH]1[Zr]([CH3])([CH3])(=[SiH2])[CH]1C(C(C)C)=Cc2c(-c3ccc(C(C)(C)C)cc3)cccc21.Cl.Cl. The molecule has 7 rings (SSSR count). The van der Waals surface area contributed by atoms with Crippen LogP contribution in [-0.4, -0.2) is 6.88 Å². The summed E-state index contributed by atoms with van der Waals surface area (Å²) in [4.78, 5) is 0. The molecule has 0 spiro atoms. The van der Waals surface area contributed by atoms with Gasteiger partial charge in [-0.15, -0.1) is 24.8 Å². The zero-order valence-electron chi connectivity index (χ0n) is 30.6. The molecule has 0 N–H and O–H groups in total. The van der Waals surface area contributed by atoms with Gasteiger partial charge in [-0.25, -0.2) is 0 Å². The topological polar surface area (TPSA) is 0 Å². The second-order valence-electron chi connectivity index (χ2n) is 16.9. The summed E-state index contributed by atoms with van der Waals surface area (Å²) >= 11 is -3.74. The van der Waals surface area contributed by atoms with E-state index in [1.807, 2.05) is 0 Å². The summed E-state index contributed by atoms with van der Waals surface area (Å²) in [5.74, 6) is 0.495. The van der Waals surface area contributed by atoms with E-state index in [9.17, 15) is 0 Å². The molecule has 2 atom stereocenters. The number of halogens is 2. The Hall–Kier alpha value is -2.48. The minimum atomic E-state index is -3.74. The fourth-order valence-corrected chi connectivity index (χ4v) is 29.9. The number of hydrogen-bond acceptors (Lipinski definition) is 0. The number of hydrogen-bond donors (Lipinski definition) is 0. The second-order valence-corrected chi connectivity index (χ2v) is 47.4. The summed E-state index contributed by atoms with van der Waals surface area (Å²) in [6.07, 6.45) is 5.18. The van der Waals surface area contributed by atoms with Gasteiger partial charge in [0.2, 0.25) is 0 Å². The molecule has 0 radical (unpaired) electrons. The standard InChI is InChI=1S/C22H25.C21H17.2CH3.2ClH.H2Si.Zr/c1-15(2)18-13-17-7-6-8-20(21(17)14-18)16-9-11-19(12-10-16)22(3,4)5;1-14-12-20-15(2)10-11-19(21(20)13-14)18-9-5-7-16-6-3-4-8-17(16)18;;;;;;/h6-15H,1-5H3;3-13H,1-2H3;2*1H3;2*1H;1H2;. The van der Waals surface area contributed by atoms with Crippen molar-refractivity contribution in [2.75, 3.05) is 0 Å². The van der Waals surface area contributed by atoms with Crippen LogP contribution in [0, 0.1) is 12.8 Å². The first-order valence-corrected chi connectivity index (χ1v) is 31.2. The molecule has 0 heterocycles. The Morgan fingerprint density at radius 1 is 0.653 bits per heavy atom. The van der Waals surface area contributed by atoms with Crippen molar-refractivity contribution < 1.29 is 17.4 Å². The summed E-state index contributed by atoms with van der Waals surface area (Å²) in [7, 11) is 0. The van der Waals surface area contributed by atoms with Crippen LogP contribution in [0.25, 0.3) is 45.2 Å². The van der Waals surface area contributed by atoms with Crippen LogP contribution in [0.15, 0.2) is 108 Å². The van der Waals surface area contributed by atoms with Crippen LogP contribution in [0.5, 0.6) is 0 Å². The van der Waals surface area contributed by atoms with E-state index in [1.54, 1.807) is 22.3 Å². The molecule has 0 aromatic heterocycles. The molecule has 2 aliphatic carbocycles. The Balaban J connectivity index is 0.00000234. The maximum atomic E-state index is 2.78. The molecule has 0 aliphatic heterocycles. The van der Waals surface area contributed by atoms with Gasteiger partial charge < -0.3 is 0 Å². The third-order valence-electron chi connectivity index (χ3n) is 11.4.